The lowest BCUT2D eigenvalue weighted by atomic mass is 10.3. The molecular formula is C8H8ClN3O3. The smallest absolute Gasteiger partial charge is 0.293 e. The van der Waals surface area contributed by atoms with Crippen molar-refractivity contribution in [1.82, 2.24) is 10.5 Å². The first-order valence-corrected chi connectivity index (χ1v) is 4.30. The van der Waals surface area contributed by atoms with Gasteiger partial charge in [-0.15, -0.1) is 0 Å². The molecule has 7 heteroatoms. The highest BCUT2D eigenvalue weighted by molar-refractivity contribution is 6.29. The van der Waals surface area contributed by atoms with Gasteiger partial charge in [0.25, 0.3) is 5.91 Å². The van der Waals surface area contributed by atoms with E-state index in [2.05, 4.69) is 9.82 Å². The van der Waals surface area contributed by atoms with Crippen LogP contribution in [-0.2, 0) is 9.63 Å². The van der Waals surface area contributed by atoms with Crippen LogP contribution in [0.2, 0.25) is 5.15 Å². The Morgan fingerprint density at radius 1 is 1.53 bits per heavy atom. The van der Waals surface area contributed by atoms with Crippen LogP contribution in [0.4, 0.5) is 0 Å². The predicted octanol–water partition coefficient (Wildman–Crippen LogP) is -0.118. The molecule has 1 aromatic rings. The number of halogens is 1. The molecule has 0 radical (unpaired) electrons. The van der Waals surface area contributed by atoms with Crippen LogP contribution in [-0.4, -0.2) is 23.4 Å². The van der Waals surface area contributed by atoms with Crippen molar-refractivity contribution in [2.45, 2.75) is 0 Å². The van der Waals surface area contributed by atoms with Crippen molar-refractivity contribution in [2.75, 3.05) is 6.61 Å². The molecule has 0 saturated heterocycles. The van der Waals surface area contributed by atoms with E-state index in [1.165, 1.54) is 12.1 Å². The number of hydroxylamine groups is 1. The minimum absolute atomic E-state index is 0.0898. The molecule has 0 bridgehead atoms. The fourth-order valence-corrected chi connectivity index (χ4v) is 0.924. The van der Waals surface area contributed by atoms with Gasteiger partial charge in [0, 0.05) is 0 Å². The number of pyridine rings is 1. The SMILES string of the molecule is NC(=O)CONC(=O)c1cccc(Cl)n1. The van der Waals surface area contributed by atoms with E-state index < -0.39 is 18.4 Å². The van der Waals surface area contributed by atoms with E-state index in [9.17, 15) is 9.59 Å². The number of nitrogens with zero attached hydrogens (tertiary/aromatic N) is 1. The molecule has 1 rings (SSSR count). The fourth-order valence-electron chi connectivity index (χ4n) is 0.760. The van der Waals surface area contributed by atoms with Gasteiger partial charge >= 0.3 is 0 Å². The lowest BCUT2D eigenvalue weighted by Gasteiger charge is -2.03. The normalized spacial score (nSPS) is 9.67. The van der Waals surface area contributed by atoms with E-state index in [1.54, 1.807) is 6.07 Å². The zero-order valence-corrected chi connectivity index (χ0v) is 8.32. The third-order valence-electron chi connectivity index (χ3n) is 1.33. The Balaban J connectivity index is 2.50. The van der Waals surface area contributed by atoms with E-state index in [0.29, 0.717) is 0 Å². The van der Waals surface area contributed by atoms with Crippen LogP contribution in [0.25, 0.3) is 0 Å². The number of carbonyl (C=O) groups is 2. The number of hydrogen-bond donors (Lipinski definition) is 2. The highest BCUT2D eigenvalue weighted by Crippen LogP contribution is 2.04. The Morgan fingerprint density at radius 2 is 2.27 bits per heavy atom. The third kappa shape index (κ3) is 3.92. The summed E-state index contributed by atoms with van der Waals surface area (Å²) in [4.78, 5) is 29.8. The Labute approximate surface area is 90.3 Å². The largest absolute Gasteiger partial charge is 0.368 e. The van der Waals surface area contributed by atoms with E-state index in [0.717, 1.165) is 0 Å². The van der Waals surface area contributed by atoms with Crippen molar-refractivity contribution in [2.24, 2.45) is 5.73 Å². The maximum absolute atomic E-state index is 11.3. The lowest BCUT2D eigenvalue weighted by molar-refractivity contribution is -0.124. The van der Waals surface area contributed by atoms with E-state index in [4.69, 9.17) is 17.3 Å². The molecule has 0 aromatic carbocycles. The molecule has 0 aliphatic rings. The molecule has 0 aliphatic carbocycles. The van der Waals surface area contributed by atoms with Crippen LogP contribution >= 0.6 is 11.6 Å². The van der Waals surface area contributed by atoms with Gasteiger partial charge in [0.2, 0.25) is 5.91 Å². The van der Waals surface area contributed by atoms with Crippen molar-refractivity contribution in [3.63, 3.8) is 0 Å². The maximum atomic E-state index is 11.3. The van der Waals surface area contributed by atoms with Gasteiger partial charge in [-0.1, -0.05) is 17.7 Å². The highest BCUT2D eigenvalue weighted by atomic mass is 35.5. The number of amides is 2. The van der Waals surface area contributed by atoms with Crippen molar-refractivity contribution in [3.8, 4) is 0 Å². The van der Waals surface area contributed by atoms with Crippen LogP contribution in [0.15, 0.2) is 18.2 Å². The summed E-state index contributed by atoms with van der Waals surface area (Å²) in [6.45, 7) is -0.397. The monoisotopic (exact) mass is 229 g/mol. The number of carbonyl (C=O) groups excluding carboxylic acids is 2. The average molecular weight is 230 g/mol. The van der Waals surface area contributed by atoms with Gasteiger partial charge in [0.05, 0.1) is 0 Å². The van der Waals surface area contributed by atoms with Crippen molar-refractivity contribution >= 4 is 23.4 Å². The summed E-state index contributed by atoms with van der Waals surface area (Å²) in [7, 11) is 0. The summed E-state index contributed by atoms with van der Waals surface area (Å²) in [6.07, 6.45) is 0. The Morgan fingerprint density at radius 3 is 2.87 bits per heavy atom. The molecule has 0 spiro atoms. The first kappa shape index (κ1) is 11.4. The van der Waals surface area contributed by atoms with Crippen LogP contribution in [0, 0.1) is 0 Å². The van der Waals surface area contributed by atoms with Gasteiger partial charge in [-0.05, 0) is 12.1 Å². The molecule has 2 amide bonds. The van der Waals surface area contributed by atoms with Gasteiger partial charge in [-0.25, -0.2) is 10.5 Å². The average Bonchev–Trinajstić information content (AvgIpc) is 2.17. The summed E-state index contributed by atoms with van der Waals surface area (Å²) in [5.74, 6) is -1.28. The molecule has 3 N–H and O–H groups in total. The van der Waals surface area contributed by atoms with Gasteiger partial charge < -0.3 is 5.73 Å². The fraction of sp³-hybridized carbons (Fsp3) is 0.125. The molecule has 15 heavy (non-hydrogen) atoms. The Kier molecular flexibility index (Phi) is 4.02. The quantitative estimate of drug-likeness (QED) is 0.556. The van der Waals surface area contributed by atoms with Crippen molar-refractivity contribution < 1.29 is 14.4 Å². The second-order valence-corrected chi connectivity index (χ2v) is 2.92. The van der Waals surface area contributed by atoms with E-state index in [-0.39, 0.29) is 10.8 Å². The van der Waals surface area contributed by atoms with Crippen molar-refractivity contribution in [3.05, 3.63) is 29.0 Å². The second-order valence-electron chi connectivity index (χ2n) is 2.53. The second kappa shape index (κ2) is 5.28. The minimum Gasteiger partial charge on any atom is -0.368 e. The van der Waals surface area contributed by atoms with Gasteiger partial charge in [-0.2, -0.15) is 0 Å². The van der Waals surface area contributed by atoms with E-state index >= 15 is 0 Å². The minimum atomic E-state index is -0.686. The highest BCUT2D eigenvalue weighted by Gasteiger charge is 2.07. The van der Waals surface area contributed by atoms with Crippen LogP contribution < -0.4 is 11.2 Å². The van der Waals surface area contributed by atoms with Crippen LogP contribution in [0.1, 0.15) is 10.5 Å². The lowest BCUT2D eigenvalue weighted by Crippen LogP contribution is -2.29. The first-order valence-electron chi connectivity index (χ1n) is 3.92. The third-order valence-corrected chi connectivity index (χ3v) is 1.54. The zero-order chi connectivity index (χ0) is 11.3. The van der Waals surface area contributed by atoms with Gasteiger partial charge in [0.1, 0.15) is 10.8 Å². The summed E-state index contributed by atoms with van der Waals surface area (Å²) >= 11 is 5.57. The maximum Gasteiger partial charge on any atom is 0.293 e. The number of nitrogens with two attached hydrogens (primary N) is 1. The molecule has 0 unspecified atom stereocenters. The summed E-state index contributed by atoms with van der Waals surface area (Å²) < 4.78 is 0. The number of rotatable bonds is 4. The molecule has 80 valence electrons. The molecule has 1 heterocycles. The van der Waals surface area contributed by atoms with Gasteiger partial charge in [0.15, 0.2) is 6.61 Å². The number of primary amides is 1. The Bertz CT molecular complexity index is 383. The Hall–Kier alpha value is -1.66. The number of aromatic nitrogens is 1. The van der Waals surface area contributed by atoms with Gasteiger partial charge in [-0.3, -0.25) is 14.4 Å². The number of hydrogen-bond acceptors (Lipinski definition) is 4. The summed E-state index contributed by atoms with van der Waals surface area (Å²) in [5.41, 5.74) is 6.88. The van der Waals surface area contributed by atoms with E-state index in [1.807, 2.05) is 5.48 Å². The zero-order valence-electron chi connectivity index (χ0n) is 7.57. The standard InChI is InChI=1S/C8H8ClN3O3/c9-6-3-1-2-5(11-6)8(14)12-15-4-7(10)13/h1-3H,4H2,(H2,10,13)(H,12,14). The molecule has 0 aliphatic heterocycles. The van der Waals surface area contributed by atoms with Crippen LogP contribution in [0.5, 0.6) is 0 Å². The number of nitrogens with one attached hydrogen (secondary N) is 1. The molecule has 0 saturated carbocycles. The van der Waals surface area contributed by atoms with Crippen LogP contribution in [0.3, 0.4) is 0 Å². The molecule has 1 aromatic heterocycles. The molecule has 0 fully saturated rings. The molecule has 0 atom stereocenters. The summed E-state index contributed by atoms with van der Waals surface area (Å²) in [6, 6.07) is 4.55. The first-order chi connectivity index (χ1) is 7.09. The molecular weight excluding hydrogens is 222 g/mol. The predicted molar refractivity (Wildman–Crippen MR) is 51.9 cm³/mol. The van der Waals surface area contributed by atoms with Crippen molar-refractivity contribution in [1.29, 1.82) is 0 Å². The summed E-state index contributed by atoms with van der Waals surface area (Å²) in [5, 5.41) is 0.192. The topological polar surface area (TPSA) is 94.3 Å². The molecule has 6 nitrogen and oxygen atoms in total.